The molecule has 0 saturated carbocycles. The van der Waals surface area contributed by atoms with Crippen LogP contribution in [0.5, 0.6) is 0 Å². The summed E-state index contributed by atoms with van der Waals surface area (Å²) in [6, 6.07) is 0. The molecule has 0 spiro atoms. The summed E-state index contributed by atoms with van der Waals surface area (Å²) in [6.07, 6.45) is 6.95. The number of hydrogen-bond donors (Lipinski definition) is 1. The van der Waals surface area contributed by atoms with E-state index >= 15 is 0 Å². The molecule has 1 rings (SSSR count). The summed E-state index contributed by atoms with van der Waals surface area (Å²) < 4.78 is 2.00. The van der Waals surface area contributed by atoms with Gasteiger partial charge in [-0.1, -0.05) is 6.08 Å². The van der Waals surface area contributed by atoms with Crippen molar-refractivity contribution in [1.82, 2.24) is 15.1 Å². The van der Waals surface area contributed by atoms with Gasteiger partial charge in [0.2, 0.25) is 0 Å². The number of rotatable bonds is 5. The fourth-order valence-electron chi connectivity index (χ4n) is 1.26. The van der Waals surface area contributed by atoms with Crippen LogP contribution in [0.15, 0.2) is 25.0 Å². The summed E-state index contributed by atoms with van der Waals surface area (Å²) in [5.74, 6) is 0. The monoisotopic (exact) mass is 207 g/mol. The zero-order valence-corrected chi connectivity index (χ0v) is 9.95. The third kappa shape index (κ3) is 3.88. The first-order valence-electron chi connectivity index (χ1n) is 5.39. The maximum Gasteiger partial charge on any atom is 0.0543 e. The van der Waals surface area contributed by atoms with E-state index in [1.165, 1.54) is 5.56 Å². The highest BCUT2D eigenvalue weighted by molar-refractivity contribution is 5.04. The Balaban J connectivity index is 2.43. The molecular formula is C12H21N3. The number of nitrogens with one attached hydrogen (secondary N) is 1. The quantitative estimate of drug-likeness (QED) is 0.593. The minimum atomic E-state index is 0.0688. The summed E-state index contributed by atoms with van der Waals surface area (Å²) in [6.45, 7) is 12.0. The van der Waals surface area contributed by atoms with Crippen molar-refractivity contribution >= 4 is 0 Å². The van der Waals surface area contributed by atoms with Gasteiger partial charge in [-0.2, -0.15) is 5.10 Å². The van der Waals surface area contributed by atoms with Crippen molar-refractivity contribution in [1.29, 1.82) is 0 Å². The van der Waals surface area contributed by atoms with E-state index in [4.69, 9.17) is 0 Å². The average Bonchev–Trinajstić information content (AvgIpc) is 2.60. The molecule has 1 heterocycles. The molecule has 84 valence electrons. The van der Waals surface area contributed by atoms with Crippen molar-refractivity contribution in [3.05, 3.63) is 30.6 Å². The van der Waals surface area contributed by atoms with Gasteiger partial charge in [0, 0.05) is 18.3 Å². The zero-order valence-electron chi connectivity index (χ0n) is 9.95. The van der Waals surface area contributed by atoms with Gasteiger partial charge in [-0.15, -0.1) is 6.58 Å². The van der Waals surface area contributed by atoms with Crippen molar-refractivity contribution < 1.29 is 0 Å². The predicted molar refractivity (Wildman–Crippen MR) is 63.7 cm³/mol. The van der Waals surface area contributed by atoms with E-state index in [2.05, 4.69) is 44.0 Å². The largest absolute Gasteiger partial charge is 0.312 e. The van der Waals surface area contributed by atoms with Gasteiger partial charge in [-0.3, -0.25) is 4.68 Å². The lowest BCUT2D eigenvalue weighted by Gasteiger charge is -2.18. The van der Waals surface area contributed by atoms with E-state index in [0.717, 1.165) is 19.5 Å². The second-order valence-corrected chi connectivity index (χ2v) is 4.72. The van der Waals surface area contributed by atoms with Crippen molar-refractivity contribution in [3.8, 4) is 0 Å². The van der Waals surface area contributed by atoms with Crippen LogP contribution in [-0.4, -0.2) is 16.3 Å². The van der Waals surface area contributed by atoms with Crippen LogP contribution in [0.1, 0.15) is 32.8 Å². The molecule has 0 radical (unpaired) electrons. The standard InChI is InChI=1S/C12H21N3/c1-5-6-7-13-8-11-9-14-15(10-11)12(2,3)4/h5,9-10,13H,1,6-8H2,2-4H3. The zero-order chi connectivity index (χ0) is 11.3. The molecule has 0 unspecified atom stereocenters. The van der Waals surface area contributed by atoms with Gasteiger partial charge in [0.25, 0.3) is 0 Å². The Hall–Kier alpha value is -1.09. The van der Waals surface area contributed by atoms with Gasteiger partial charge in [0.1, 0.15) is 0 Å². The van der Waals surface area contributed by atoms with Crippen LogP contribution in [0.3, 0.4) is 0 Å². The van der Waals surface area contributed by atoms with Gasteiger partial charge in [0.15, 0.2) is 0 Å². The third-order valence-electron chi connectivity index (χ3n) is 2.18. The van der Waals surface area contributed by atoms with E-state index in [1.54, 1.807) is 0 Å². The summed E-state index contributed by atoms with van der Waals surface area (Å²) in [5.41, 5.74) is 1.30. The van der Waals surface area contributed by atoms with Gasteiger partial charge >= 0.3 is 0 Å². The number of hydrogen-bond acceptors (Lipinski definition) is 2. The summed E-state index contributed by atoms with van der Waals surface area (Å²) >= 11 is 0. The molecule has 0 amide bonds. The third-order valence-corrected chi connectivity index (χ3v) is 2.18. The first-order chi connectivity index (χ1) is 7.04. The van der Waals surface area contributed by atoms with E-state index in [0.29, 0.717) is 0 Å². The van der Waals surface area contributed by atoms with E-state index in [9.17, 15) is 0 Å². The van der Waals surface area contributed by atoms with Crippen LogP contribution in [-0.2, 0) is 12.1 Å². The minimum absolute atomic E-state index is 0.0688. The summed E-state index contributed by atoms with van der Waals surface area (Å²) in [7, 11) is 0. The molecule has 1 aromatic rings. The highest BCUT2D eigenvalue weighted by atomic mass is 15.3. The van der Waals surface area contributed by atoms with Crippen molar-refractivity contribution in [2.24, 2.45) is 0 Å². The lowest BCUT2D eigenvalue weighted by atomic mass is 10.1. The Morgan fingerprint density at radius 3 is 2.80 bits per heavy atom. The normalized spacial score (nSPS) is 11.7. The molecule has 3 nitrogen and oxygen atoms in total. The Bertz CT molecular complexity index is 307. The Kier molecular flexibility index (Phi) is 4.09. The van der Waals surface area contributed by atoms with Gasteiger partial charge in [-0.05, 0) is 33.7 Å². The second-order valence-electron chi connectivity index (χ2n) is 4.72. The molecule has 0 aromatic carbocycles. The average molecular weight is 207 g/mol. The van der Waals surface area contributed by atoms with Gasteiger partial charge in [-0.25, -0.2) is 0 Å². The van der Waals surface area contributed by atoms with Crippen LogP contribution >= 0.6 is 0 Å². The van der Waals surface area contributed by atoms with Gasteiger partial charge < -0.3 is 5.32 Å². The molecule has 1 N–H and O–H groups in total. The lowest BCUT2D eigenvalue weighted by Crippen LogP contribution is -2.22. The molecular weight excluding hydrogens is 186 g/mol. The molecule has 0 aliphatic rings. The fraction of sp³-hybridized carbons (Fsp3) is 0.583. The summed E-state index contributed by atoms with van der Waals surface area (Å²) in [4.78, 5) is 0. The van der Waals surface area contributed by atoms with Crippen molar-refractivity contribution in [2.45, 2.75) is 39.3 Å². The Morgan fingerprint density at radius 1 is 1.53 bits per heavy atom. The van der Waals surface area contributed by atoms with E-state index in [1.807, 2.05) is 17.0 Å². The Morgan fingerprint density at radius 2 is 2.27 bits per heavy atom. The smallest absolute Gasteiger partial charge is 0.0543 e. The molecule has 0 bridgehead atoms. The first kappa shape index (κ1) is 12.0. The molecule has 0 fully saturated rings. The molecule has 3 heteroatoms. The molecule has 0 saturated heterocycles. The van der Waals surface area contributed by atoms with Crippen LogP contribution in [0.2, 0.25) is 0 Å². The van der Waals surface area contributed by atoms with Crippen molar-refractivity contribution in [3.63, 3.8) is 0 Å². The highest BCUT2D eigenvalue weighted by Gasteiger charge is 2.13. The molecule has 0 aliphatic heterocycles. The van der Waals surface area contributed by atoms with Crippen LogP contribution < -0.4 is 5.32 Å². The van der Waals surface area contributed by atoms with E-state index in [-0.39, 0.29) is 5.54 Å². The molecule has 0 aliphatic carbocycles. The van der Waals surface area contributed by atoms with Crippen LogP contribution in [0, 0.1) is 0 Å². The number of nitrogens with zero attached hydrogens (tertiary/aromatic N) is 2. The SMILES string of the molecule is C=CCCNCc1cnn(C(C)(C)C)c1. The maximum atomic E-state index is 4.34. The molecule has 1 aromatic heterocycles. The lowest BCUT2D eigenvalue weighted by molar-refractivity contribution is 0.355. The van der Waals surface area contributed by atoms with Crippen molar-refractivity contribution in [2.75, 3.05) is 6.54 Å². The van der Waals surface area contributed by atoms with E-state index < -0.39 is 0 Å². The first-order valence-corrected chi connectivity index (χ1v) is 5.39. The summed E-state index contributed by atoms with van der Waals surface area (Å²) in [5, 5.41) is 7.69. The van der Waals surface area contributed by atoms with Gasteiger partial charge in [0.05, 0.1) is 11.7 Å². The topological polar surface area (TPSA) is 29.9 Å². The molecule has 0 atom stereocenters. The van der Waals surface area contributed by atoms with Crippen LogP contribution in [0.25, 0.3) is 0 Å². The fourth-order valence-corrected chi connectivity index (χ4v) is 1.26. The molecule has 15 heavy (non-hydrogen) atoms. The van der Waals surface area contributed by atoms with Crippen LogP contribution in [0.4, 0.5) is 0 Å². The maximum absolute atomic E-state index is 4.34. The Labute approximate surface area is 92.2 Å². The highest BCUT2D eigenvalue weighted by Crippen LogP contribution is 2.12. The predicted octanol–water partition coefficient (Wildman–Crippen LogP) is 2.30. The number of aromatic nitrogens is 2. The second kappa shape index (κ2) is 5.12. The minimum Gasteiger partial charge on any atom is -0.312 e.